The number of hydrogen-bond acceptors (Lipinski definition) is 2. The Bertz CT molecular complexity index is 913. The summed E-state index contributed by atoms with van der Waals surface area (Å²) in [5.74, 6) is -0.213. The third-order valence-electron chi connectivity index (χ3n) is 5.79. The summed E-state index contributed by atoms with van der Waals surface area (Å²) in [5.41, 5.74) is 9.67. The van der Waals surface area contributed by atoms with Crippen LogP contribution in [0.4, 0.5) is 0 Å². The van der Waals surface area contributed by atoms with Crippen molar-refractivity contribution in [3.8, 4) is 11.1 Å². The molecule has 29 heavy (non-hydrogen) atoms. The zero-order chi connectivity index (χ0) is 21.2. The molecule has 0 aliphatic carbocycles. The molecule has 1 aliphatic heterocycles. The Balaban J connectivity index is 1.88. The Hall–Kier alpha value is -2.62. The molecule has 0 bridgehead atoms. The van der Waals surface area contributed by atoms with E-state index in [9.17, 15) is 9.59 Å². The number of amides is 2. The Morgan fingerprint density at radius 2 is 1.83 bits per heavy atom. The molecule has 4 nitrogen and oxygen atoms in total. The van der Waals surface area contributed by atoms with E-state index < -0.39 is 5.41 Å². The van der Waals surface area contributed by atoms with E-state index in [1.807, 2.05) is 23.1 Å². The molecule has 2 aromatic carbocycles. The van der Waals surface area contributed by atoms with Crippen molar-refractivity contribution in [2.45, 2.75) is 47.0 Å². The van der Waals surface area contributed by atoms with Gasteiger partial charge in [-0.3, -0.25) is 9.59 Å². The smallest absolute Gasteiger partial charge is 0.225 e. The van der Waals surface area contributed by atoms with E-state index in [0.29, 0.717) is 32.4 Å². The molecule has 1 atom stereocenters. The Morgan fingerprint density at radius 3 is 2.48 bits per heavy atom. The van der Waals surface area contributed by atoms with Crippen LogP contribution in [0.25, 0.3) is 11.1 Å². The lowest BCUT2D eigenvalue weighted by Gasteiger charge is -2.28. The Labute approximate surface area is 174 Å². The first kappa shape index (κ1) is 21.1. The third-order valence-corrected chi connectivity index (χ3v) is 5.79. The highest BCUT2D eigenvalue weighted by molar-refractivity contribution is 5.85. The number of rotatable bonds is 5. The molecular formula is C25H32N2O2. The molecule has 0 spiro atoms. The van der Waals surface area contributed by atoms with Gasteiger partial charge in [-0.25, -0.2) is 0 Å². The monoisotopic (exact) mass is 392 g/mol. The molecule has 1 aliphatic rings. The largest absolute Gasteiger partial charge is 0.369 e. The molecule has 1 saturated heterocycles. The van der Waals surface area contributed by atoms with Gasteiger partial charge < -0.3 is 10.6 Å². The molecule has 2 amide bonds. The van der Waals surface area contributed by atoms with E-state index in [-0.39, 0.29) is 17.2 Å². The van der Waals surface area contributed by atoms with E-state index >= 15 is 0 Å². The second kappa shape index (κ2) is 8.02. The first-order valence-electron chi connectivity index (χ1n) is 10.3. The number of nitrogens with zero attached hydrogens (tertiary/aromatic N) is 1. The van der Waals surface area contributed by atoms with Crippen molar-refractivity contribution in [2.75, 3.05) is 13.1 Å². The molecule has 0 aromatic heterocycles. The topological polar surface area (TPSA) is 63.4 Å². The molecule has 3 rings (SSSR count). The summed E-state index contributed by atoms with van der Waals surface area (Å²) in [7, 11) is 0. The SMILES string of the molecule is Cc1cccc(-c2ccccc2C[C@@]2(C(N)=O)CCN(C(=O)CC(C)(C)C)C2)c1. The number of carbonyl (C=O) groups excluding carboxylic acids is 2. The van der Waals surface area contributed by atoms with Crippen molar-refractivity contribution < 1.29 is 9.59 Å². The second-order valence-electron chi connectivity index (χ2n) is 9.65. The van der Waals surface area contributed by atoms with Crippen LogP contribution in [-0.4, -0.2) is 29.8 Å². The fourth-order valence-corrected chi connectivity index (χ4v) is 4.22. The lowest BCUT2D eigenvalue weighted by molar-refractivity contribution is -0.133. The first-order valence-corrected chi connectivity index (χ1v) is 10.3. The van der Waals surface area contributed by atoms with Crippen molar-refractivity contribution in [1.29, 1.82) is 0 Å². The quantitative estimate of drug-likeness (QED) is 0.822. The zero-order valence-electron chi connectivity index (χ0n) is 18.0. The molecule has 4 heteroatoms. The summed E-state index contributed by atoms with van der Waals surface area (Å²) < 4.78 is 0. The van der Waals surface area contributed by atoms with E-state index in [1.54, 1.807) is 0 Å². The maximum Gasteiger partial charge on any atom is 0.225 e. The average Bonchev–Trinajstić information content (AvgIpc) is 3.07. The fraction of sp³-hybridized carbons (Fsp3) is 0.440. The minimum Gasteiger partial charge on any atom is -0.369 e. The standard InChI is InChI=1S/C25H32N2O2/c1-18-8-7-10-19(14-18)21-11-6-5-9-20(21)15-25(23(26)29)12-13-27(17-25)22(28)16-24(2,3)4/h5-11,14H,12-13,15-17H2,1-4H3,(H2,26,29)/t25-/m0/s1. The van der Waals surface area contributed by atoms with Crippen molar-refractivity contribution in [1.82, 2.24) is 4.90 Å². The van der Waals surface area contributed by atoms with Gasteiger partial charge in [0.05, 0.1) is 5.41 Å². The van der Waals surface area contributed by atoms with Gasteiger partial charge in [-0.05, 0) is 41.9 Å². The Kier molecular flexibility index (Phi) is 5.83. The molecule has 2 aromatic rings. The van der Waals surface area contributed by atoms with Crippen LogP contribution in [0.2, 0.25) is 0 Å². The van der Waals surface area contributed by atoms with Crippen LogP contribution >= 0.6 is 0 Å². The number of likely N-dealkylation sites (tertiary alicyclic amines) is 1. The first-order chi connectivity index (χ1) is 13.6. The summed E-state index contributed by atoms with van der Waals surface area (Å²) in [6, 6.07) is 16.6. The second-order valence-corrected chi connectivity index (χ2v) is 9.65. The average molecular weight is 393 g/mol. The van der Waals surface area contributed by atoms with Crippen LogP contribution in [0, 0.1) is 17.8 Å². The van der Waals surface area contributed by atoms with Gasteiger partial charge in [0.25, 0.3) is 0 Å². The fourth-order valence-electron chi connectivity index (χ4n) is 4.22. The van der Waals surface area contributed by atoms with Gasteiger partial charge in [-0.2, -0.15) is 0 Å². The van der Waals surface area contributed by atoms with Crippen molar-refractivity contribution >= 4 is 11.8 Å². The Morgan fingerprint density at radius 1 is 1.10 bits per heavy atom. The van der Waals surface area contributed by atoms with Gasteiger partial charge in [0.15, 0.2) is 0 Å². The molecule has 0 saturated carbocycles. The molecule has 2 N–H and O–H groups in total. The summed E-state index contributed by atoms with van der Waals surface area (Å²) in [6.07, 6.45) is 1.63. The van der Waals surface area contributed by atoms with Crippen LogP contribution in [0.15, 0.2) is 48.5 Å². The van der Waals surface area contributed by atoms with Gasteiger partial charge in [-0.1, -0.05) is 74.9 Å². The van der Waals surface area contributed by atoms with Crippen LogP contribution in [0.5, 0.6) is 0 Å². The van der Waals surface area contributed by atoms with Gasteiger partial charge >= 0.3 is 0 Å². The third kappa shape index (κ3) is 4.87. The highest BCUT2D eigenvalue weighted by Gasteiger charge is 2.45. The molecule has 0 unspecified atom stereocenters. The molecule has 154 valence electrons. The molecule has 1 fully saturated rings. The maximum absolute atomic E-state index is 12.7. The van der Waals surface area contributed by atoms with Crippen LogP contribution < -0.4 is 5.73 Å². The summed E-state index contributed by atoms with van der Waals surface area (Å²) in [4.78, 5) is 27.1. The predicted molar refractivity (Wildman–Crippen MR) is 117 cm³/mol. The van der Waals surface area contributed by atoms with E-state index in [2.05, 4.69) is 58.0 Å². The minimum atomic E-state index is -0.715. The highest BCUT2D eigenvalue weighted by atomic mass is 16.2. The van der Waals surface area contributed by atoms with E-state index in [0.717, 1.165) is 16.7 Å². The normalized spacial score (nSPS) is 19.4. The van der Waals surface area contributed by atoms with Crippen molar-refractivity contribution in [3.05, 3.63) is 59.7 Å². The van der Waals surface area contributed by atoms with Crippen molar-refractivity contribution in [3.63, 3.8) is 0 Å². The number of benzene rings is 2. The van der Waals surface area contributed by atoms with Gasteiger partial charge in [-0.15, -0.1) is 0 Å². The van der Waals surface area contributed by atoms with Gasteiger partial charge in [0, 0.05) is 19.5 Å². The van der Waals surface area contributed by atoms with Gasteiger partial charge in [0.1, 0.15) is 0 Å². The van der Waals surface area contributed by atoms with Crippen LogP contribution in [-0.2, 0) is 16.0 Å². The summed E-state index contributed by atoms with van der Waals surface area (Å²) in [5, 5.41) is 0. The number of nitrogens with two attached hydrogens (primary N) is 1. The van der Waals surface area contributed by atoms with Crippen LogP contribution in [0.3, 0.4) is 0 Å². The summed E-state index contributed by atoms with van der Waals surface area (Å²) >= 11 is 0. The summed E-state index contributed by atoms with van der Waals surface area (Å²) in [6.45, 7) is 9.23. The maximum atomic E-state index is 12.7. The lowest BCUT2D eigenvalue weighted by Crippen LogP contribution is -2.43. The van der Waals surface area contributed by atoms with E-state index in [4.69, 9.17) is 5.73 Å². The lowest BCUT2D eigenvalue weighted by atomic mass is 9.78. The van der Waals surface area contributed by atoms with Gasteiger partial charge in [0.2, 0.25) is 11.8 Å². The highest BCUT2D eigenvalue weighted by Crippen LogP contribution is 2.38. The molecule has 0 radical (unpaired) electrons. The number of aryl methyl sites for hydroxylation is 1. The molecule has 1 heterocycles. The van der Waals surface area contributed by atoms with E-state index in [1.165, 1.54) is 5.56 Å². The van der Waals surface area contributed by atoms with Crippen molar-refractivity contribution in [2.24, 2.45) is 16.6 Å². The minimum absolute atomic E-state index is 0.0766. The number of carbonyl (C=O) groups is 2. The molecular weight excluding hydrogens is 360 g/mol. The number of primary amides is 1. The number of hydrogen-bond donors (Lipinski definition) is 1. The predicted octanol–water partition coefficient (Wildman–Crippen LogP) is 4.34. The zero-order valence-corrected chi connectivity index (χ0v) is 18.0. The van der Waals surface area contributed by atoms with Crippen LogP contribution in [0.1, 0.15) is 44.7 Å².